The molecule has 0 unspecified atom stereocenters. The molecule has 0 aliphatic heterocycles. The van der Waals surface area contributed by atoms with Crippen LogP contribution in [0, 0.1) is 11.8 Å². The van der Waals surface area contributed by atoms with Crippen LogP contribution in [-0.2, 0) is 6.54 Å². The maximum absolute atomic E-state index is 11.9. The third kappa shape index (κ3) is 5.49. The molecule has 1 aromatic rings. The summed E-state index contributed by atoms with van der Waals surface area (Å²) in [6.45, 7) is 0.333. The highest BCUT2D eigenvalue weighted by atomic mass is 16.2. The quantitative estimate of drug-likeness (QED) is 0.746. The lowest BCUT2D eigenvalue weighted by molar-refractivity contribution is 0.232. The Balaban J connectivity index is 1.80. The van der Waals surface area contributed by atoms with E-state index in [0.717, 1.165) is 24.0 Å². The van der Waals surface area contributed by atoms with Gasteiger partial charge in [-0.2, -0.15) is 0 Å². The number of hydrogen-bond acceptors (Lipinski definition) is 2. The largest absolute Gasteiger partial charge is 0.384 e. The number of nitrogens with one attached hydrogen (secondary N) is 2. The monoisotopic (exact) mass is 286 g/mol. The van der Waals surface area contributed by atoms with Crippen LogP contribution in [-0.4, -0.2) is 23.8 Å². The van der Waals surface area contributed by atoms with Gasteiger partial charge in [0.2, 0.25) is 0 Å². The fourth-order valence-electron chi connectivity index (χ4n) is 2.57. The minimum atomic E-state index is -0.147. The lowest BCUT2D eigenvalue weighted by atomic mass is 9.96. The minimum Gasteiger partial charge on any atom is -0.384 e. The summed E-state index contributed by atoms with van der Waals surface area (Å²) in [5, 5.41) is 14.6. The van der Waals surface area contributed by atoms with Crippen LogP contribution < -0.4 is 10.6 Å². The Labute approximate surface area is 125 Å². The molecular weight excluding hydrogens is 264 g/mol. The molecular formula is C17H22N2O2. The van der Waals surface area contributed by atoms with Crippen LogP contribution in [0.5, 0.6) is 0 Å². The van der Waals surface area contributed by atoms with Crippen molar-refractivity contribution in [3.8, 4) is 11.8 Å². The standard InChI is InChI=1S/C17H22N2O2/c20-11-5-8-14-6-4-7-15(12-14)13-18-17(21)19-16-9-2-1-3-10-16/h4,6-7,12,16,20H,1-3,9-11,13H2,(H2,18,19,21). The number of carbonyl (C=O) groups is 1. The fraction of sp³-hybridized carbons (Fsp3) is 0.471. The molecule has 0 bridgehead atoms. The van der Waals surface area contributed by atoms with E-state index in [0.29, 0.717) is 12.6 Å². The van der Waals surface area contributed by atoms with Gasteiger partial charge >= 0.3 is 6.03 Å². The van der Waals surface area contributed by atoms with Gasteiger partial charge < -0.3 is 15.7 Å². The molecule has 0 spiro atoms. The molecule has 1 aliphatic carbocycles. The Hall–Kier alpha value is -1.99. The summed E-state index contributed by atoms with van der Waals surface area (Å²) in [6.07, 6.45) is 5.85. The zero-order valence-electron chi connectivity index (χ0n) is 12.2. The third-order valence-electron chi connectivity index (χ3n) is 3.63. The van der Waals surface area contributed by atoms with Crippen LogP contribution in [0.25, 0.3) is 0 Å². The van der Waals surface area contributed by atoms with E-state index in [-0.39, 0.29) is 12.6 Å². The average Bonchev–Trinajstić information content (AvgIpc) is 2.52. The van der Waals surface area contributed by atoms with Crippen molar-refractivity contribution in [1.82, 2.24) is 10.6 Å². The van der Waals surface area contributed by atoms with Crippen molar-refractivity contribution in [3.63, 3.8) is 0 Å². The number of urea groups is 1. The highest BCUT2D eigenvalue weighted by Crippen LogP contribution is 2.17. The average molecular weight is 286 g/mol. The zero-order chi connectivity index (χ0) is 14.9. The Bertz CT molecular complexity index is 525. The lowest BCUT2D eigenvalue weighted by Gasteiger charge is -2.22. The summed E-state index contributed by atoms with van der Waals surface area (Å²) < 4.78 is 0. The van der Waals surface area contributed by atoms with Gasteiger partial charge in [-0.25, -0.2) is 4.79 Å². The second kappa shape index (κ2) is 8.33. The summed E-state index contributed by atoms with van der Waals surface area (Å²) in [7, 11) is 0. The van der Waals surface area contributed by atoms with Crippen molar-refractivity contribution < 1.29 is 9.90 Å². The van der Waals surface area contributed by atoms with Gasteiger partial charge in [0, 0.05) is 18.2 Å². The second-order valence-corrected chi connectivity index (χ2v) is 5.32. The van der Waals surface area contributed by atoms with Gasteiger partial charge in [-0.3, -0.25) is 0 Å². The second-order valence-electron chi connectivity index (χ2n) is 5.32. The number of aliphatic hydroxyl groups excluding tert-OH is 1. The van der Waals surface area contributed by atoms with Gasteiger partial charge in [0.15, 0.2) is 0 Å². The first-order valence-corrected chi connectivity index (χ1v) is 7.51. The number of benzene rings is 1. The summed E-state index contributed by atoms with van der Waals surface area (Å²) in [5.74, 6) is 5.48. The van der Waals surface area contributed by atoms with Crippen LogP contribution in [0.3, 0.4) is 0 Å². The Morgan fingerprint density at radius 3 is 2.86 bits per heavy atom. The van der Waals surface area contributed by atoms with Crippen molar-refractivity contribution in [3.05, 3.63) is 35.4 Å². The van der Waals surface area contributed by atoms with E-state index in [2.05, 4.69) is 22.5 Å². The summed E-state index contributed by atoms with van der Waals surface area (Å²) >= 11 is 0. The van der Waals surface area contributed by atoms with E-state index in [9.17, 15) is 4.79 Å². The van der Waals surface area contributed by atoms with Gasteiger partial charge in [-0.1, -0.05) is 43.2 Å². The number of carbonyl (C=O) groups excluding carboxylic acids is 1. The molecule has 4 heteroatoms. The van der Waals surface area contributed by atoms with Crippen molar-refractivity contribution in [2.24, 2.45) is 0 Å². The molecule has 0 radical (unpaired) electrons. The number of rotatable bonds is 3. The van der Waals surface area contributed by atoms with E-state index in [4.69, 9.17) is 5.11 Å². The number of hydrogen-bond donors (Lipinski definition) is 3. The predicted octanol–water partition coefficient (Wildman–Crippen LogP) is 2.16. The fourth-order valence-corrected chi connectivity index (χ4v) is 2.57. The molecule has 0 heterocycles. The van der Waals surface area contributed by atoms with E-state index in [1.165, 1.54) is 19.3 Å². The van der Waals surface area contributed by atoms with Gasteiger partial charge in [-0.15, -0.1) is 0 Å². The highest BCUT2D eigenvalue weighted by Gasteiger charge is 2.15. The Kier molecular flexibility index (Phi) is 6.11. The lowest BCUT2D eigenvalue weighted by Crippen LogP contribution is -2.42. The molecule has 0 aromatic heterocycles. The number of aliphatic hydroxyl groups is 1. The molecule has 21 heavy (non-hydrogen) atoms. The summed E-state index contributed by atoms with van der Waals surface area (Å²) in [6, 6.07) is 7.87. The predicted molar refractivity (Wildman–Crippen MR) is 82.7 cm³/mol. The Morgan fingerprint density at radius 2 is 2.10 bits per heavy atom. The molecule has 0 atom stereocenters. The molecule has 112 valence electrons. The van der Waals surface area contributed by atoms with E-state index < -0.39 is 0 Å². The van der Waals surface area contributed by atoms with Gasteiger partial charge in [0.05, 0.1) is 0 Å². The zero-order valence-corrected chi connectivity index (χ0v) is 12.2. The molecule has 3 N–H and O–H groups in total. The van der Waals surface area contributed by atoms with Crippen LogP contribution in [0.4, 0.5) is 4.79 Å². The van der Waals surface area contributed by atoms with E-state index >= 15 is 0 Å². The summed E-state index contributed by atoms with van der Waals surface area (Å²) in [5.41, 5.74) is 1.84. The maximum atomic E-state index is 11.9. The summed E-state index contributed by atoms with van der Waals surface area (Å²) in [4.78, 5) is 11.9. The topological polar surface area (TPSA) is 61.4 Å². The highest BCUT2D eigenvalue weighted by molar-refractivity contribution is 5.74. The van der Waals surface area contributed by atoms with Crippen molar-refractivity contribution in [1.29, 1.82) is 0 Å². The van der Waals surface area contributed by atoms with Crippen LogP contribution in [0.2, 0.25) is 0 Å². The first kappa shape index (κ1) is 15.4. The molecule has 1 saturated carbocycles. The van der Waals surface area contributed by atoms with Gasteiger partial charge in [0.1, 0.15) is 6.61 Å². The van der Waals surface area contributed by atoms with Crippen molar-refractivity contribution in [2.45, 2.75) is 44.7 Å². The van der Waals surface area contributed by atoms with Crippen LogP contribution >= 0.6 is 0 Å². The Morgan fingerprint density at radius 1 is 1.29 bits per heavy atom. The molecule has 1 aliphatic rings. The van der Waals surface area contributed by atoms with Crippen molar-refractivity contribution >= 4 is 6.03 Å². The molecule has 0 saturated heterocycles. The van der Waals surface area contributed by atoms with E-state index in [1.807, 2.05) is 24.3 Å². The smallest absolute Gasteiger partial charge is 0.315 e. The molecule has 2 rings (SSSR count). The van der Waals surface area contributed by atoms with Crippen LogP contribution in [0.15, 0.2) is 24.3 Å². The normalized spacial score (nSPS) is 14.9. The molecule has 4 nitrogen and oxygen atoms in total. The first-order valence-electron chi connectivity index (χ1n) is 7.51. The van der Waals surface area contributed by atoms with Crippen molar-refractivity contribution in [2.75, 3.05) is 6.61 Å². The molecule has 1 fully saturated rings. The maximum Gasteiger partial charge on any atom is 0.315 e. The van der Waals surface area contributed by atoms with Crippen LogP contribution in [0.1, 0.15) is 43.2 Å². The first-order chi connectivity index (χ1) is 10.3. The van der Waals surface area contributed by atoms with Gasteiger partial charge in [-0.05, 0) is 30.5 Å². The van der Waals surface area contributed by atoms with E-state index in [1.54, 1.807) is 0 Å². The SMILES string of the molecule is O=C(NCc1cccc(C#CCO)c1)NC1CCCCC1. The number of amides is 2. The molecule has 2 amide bonds. The molecule has 1 aromatic carbocycles. The third-order valence-corrected chi connectivity index (χ3v) is 3.63. The minimum absolute atomic E-state index is 0.103. The van der Waals surface area contributed by atoms with Gasteiger partial charge in [0.25, 0.3) is 0 Å².